The van der Waals surface area contributed by atoms with Crippen LogP contribution in [0, 0.1) is 24.1 Å². The molecular formula is C26H22F4N2O. The molecule has 2 unspecified atom stereocenters. The first-order chi connectivity index (χ1) is 15.7. The van der Waals surface area contributed by atoms with Gasteiger partial charge < -0.3 is 5.11 Å². The Hall–Kier alpha value is -3.24. The summed E-state index contributed by atoms with van der Waals surface area (Å²) in [6.07, 6.45) is -0.980. The van der Waals surface area contributed by atoms with Gasteiger partial charge >= 0.3 is 0 Å². The third kappa shape index (κ3) is 4.00. The summed E-state index contributed by atoms with van der Waals surface area (Å²) in [7, 11) is 0. The summed E-state index contributed by atoms with van der Waals surface area (Å²) >= 11 is 0. The van der Waals surface area contributed by atoms with E-state index < -0.39 is 30.4 Å². The number of aliphatic hydroxyl groups is 1. The SMILES string of the molecule is CCC(F)c1cc(F)cc(C#N)c1Cc1ccc(-c2cnccc2C)c2c1CC(F)(F)C2O. The second kappa shape index (κ2) is 8.60. The summed E-state index contributed by atoms with van der Waals surface area (Å²) in [5, 5.41) is 20.1. The molecule has 0 saturated carbocycles. The molecule has 0 bridgehead atoms. The van der Waals surface area contributed by atoms with E-state index in [1.54, 1.807) is 37.5 Å². The summed E-state index contributed by atoms with van der Waals surface area (Å²) in [5.41, 5.74) is 3.01. The van der Waals surface area contributed by atoms with Crippen LogP contribution in [0.5, 0.6) is 0 Å². The first-order valence-electron chi connectivity index (χ1n) is 10.7. The number of benzene rings is 2. The third-order valence-electron chi connectivity index (χ3n) is 6.30. The van der Waals surface area contributed by atoms with E-state index in [-0.39, 0.29) is 40.7 Å². The van der Waals surface area contributed by atoms with Crippen molar-refractivity contribution in [2.75, 3.05) is 0 Å². The van der Waals surface area contributed by atoms with Crippen molar-refractivity contribution in [1.29, 1.82) is 5.26 Å². The lowest BCUT2D eigenvalue weighted by molar-refractivity contribution is -0.0966. The minimum atomic E-state index is -3.38. The van der Waals surface area contributed by atoms with Crippen molar-refractivity contribution < 1.29 is 22.7 Å². The molecule has 0 fully saturated rings. The fraction of sp³-hybridized carbons (Fsp3) is 0.308. The monoisotopic (exact) mass is 454 g/mol. The smallest absolute Gasteiger partial charge is 0.281 e. The van der Waals surface area contributed by atoms with Crippen LogP contribution in [-0.2, 0) is 12.8 Å². The number of aliphatic hydroxyl groups excluding tert-OH is 1. The van der Waals surface area contributed by atoms with Crippen LogP contribution in [-0.4, -0.2) is 16.0 Å². The lowest BCUT2D eigenvalue weighted by atomic mass is 9.87. The maximum absolute atomic E-state index is 14.7. The summed E-state index contributed by atoms with van der Waals surface area (Å²) in [6, 6.07) is 9.04. The minimum absolute atomic E-state index is 0.0314. The van der Waals surface area contributed by atoms with Gasteiger partial charge in [0.2, 0.25) is 0 Å². The first-order valence-corrected chi connectivity index (χ1v) is 10.7. The fourth-order valence-electron chi connectivity index (χ4n) is 4.57. The molecule has 0 amide bonds. The van der Waals surface area contributed by atoms with Crippen LogP contribution >= 0.6 is 0 Å². The molecule has 1 aliphatic carbocycles. The van der Waals surface area contributed by atoms with Gasteiger partial charge in [0.15, 0.2) is 0 Å². The van der Waals surface area contributed by atoms with E-state index in [2.05, 4.69) is 4.98 Å². The molecule has 4 rings (SSSR count). The lowest BCUT2D eigenvalue weighted by Crippen LogP contribution is -2.21. The van der Waals surface area contributed by atoms with Crippen LogP contribution in [0.1, 0.15) is 64.6 Å². The van der Waals surface area contributed by atoms with Gasteiger partial charge in [0.25, 0.3) is 5.92 Å². The number of nitrogens with zero attached hydrogens (tertiary/aromatic N) is 2. The van der Waals surface area contributed by atoms with Crippen LogP contribution in [0.2, 0.25) is 0 Å². The minimum Gasteiger partial charge on any atom is -0.382 e. The van der Waals surface area contributed by atoms with Gasteiger partial charge in [-0.1, -0.05) is 19.1 Å². The number of pyridine rings is 1. The van der Waals surface area contributed by atoms with Crippen LogP contribution in [0.25, 0.3) is 11.1 Å². The molecule has 0 spiro atoms. The second-order valence-corrected chi connectivity index (χ2v) is 8.38. The van der Waals surface area contributed by atoms with Gasteiger partial charge in [-0.05, 0) is 76.9 Å². The number of nitriles is 1. The summed E-state index contributed by atoms with van der Waals surface area (Å²) in [4.78, 5) is 4.09. The lowest BCUT2D eigenvalue weighted by Gasteiger charge is -2.19. The van der Waals surface area contributed by atoms with E-state index in [0.717, 1.165) is 17.7 Å². The van der Waals surface area contributed by atoms with Gasteiger partial charge in [0.1, 0.15) is 18.1 Å². The maximum atomic E-state index is 14.7. The van der Waals surface area contributed by atoms with E-state index in [4.69, 9.17) is 0 Å². The van der Waals surface area contributed by atoms with Crippen LogP contribution in [0.15, 0.2) is 42.7 Å². The number of fused-ring (bicyclic) bond motifs is 1. The van der Waals surface area contributed by atoms with Crippen molar-refractivity contribution in [2.45, 2.75) is 51.3 Å². The molecule has 3 aromatic rings. The van der Waals surface area contributed by atoms with Crippen molar-refractivity contribution in [2.24, 2.45) is 0 Å². The van der Waals surface area contributed by atoms with Crippen LogP contribution in [0.3, 0.4) is 0 Å². The summed E-state index contributed by atoms with van der Waals surface area (Å²) in [6.45, 7) is 3.43. The molecule has 1 aromatic heterocycles. The van der Waals surface area contributed by atoms with Gasteiger partial charge in [-0.15, -0.1) is 0 Å². The molecule has 1 aliphatic rings. The molecular weight excluding hydrogens is 432 g/mol. The average Bonchev–Trinajstić information content (AvgIpc) is 3.04. The van der Waals surface area contributed by atoms with Gasteiger partial charge in [0, 0.05) is 24.4 Å². The molecule has 7 heteroatoms. The number of alkyl halides is 3. The Morgan fingerprint density at radius 1 is 1.24 bits per heavy atom. The van der Waals surface area contributed by atoms with E-state index >= 15 is 0 Å². The summed E-state index contributed by atoms with van der Waals surface area (Å²) < 4.78 is 58.1. The molecule has 0 radical (unpaired) electrons. The van der Waals surface area contributed by atoms with Crippen molar-refractivity contribution >= 4 is 0 Å². The van der Waals surface area contributed by atoms with Gasteiger partial charge in [-0.3, -0.25) is 4.98 Å². The zero-order chi connectivity index (χ0) is 23.9. The highest BCUT2D eigenvalue weighted by molar-refractivity contribution is 5.74. The number of rotatable bonds is 5. The zero-order valence-electron chi connectivity index (χ0n) is 18.2. The first kappa shape index (κ1) is 22.9. The van der Waals surface area contributed by atoms with Gasteiger partial charge in [-0.2, -0.15) is 5.26 Å². The molecule has 3 nitrogen and oxygen atoms in total. The van der Waals surface area contributed by atoms with Crippen molar-refractivity contribution in [3.8, 4) is 17.2 Å². The number of aryl methyl sites for hydroxylation is 1. The summed E-state index contributed by atoms with van der Waals surface area (Å²) in [5.74, 6) is -4.10. The molecule has 0 aliphatic heterocycles. The van der Waals surface area contributed by atoms with E-state index in [1.165, 1.54) is 0 Å². The number of hydrogen-bond donors (Lipinski definition) is 1. The highest BCUT2D eigenvalue weighted by atomic mass is 19.3. The highest BCUT2D eigenvalue weighted by Gasteiger charge is 2.49. The quantitative estimate of drug-likeness (QED) is 0.460. The maximum Gasteiger partial charge on any atom is 0.281 e. The molecule has 170 valence electrons. The zero-order valence-corrected chi connectivity index (χ0v) is 18.2. The Bertz CT molecular complexity index is 1270. The molecule has 2 atom stereocenters. The molecule has 33 heavy (non-hydrogen) atoms. The van der Waals surface area contributed by atoms with Crippen molar-refractivity contribution in [1.82, 2.24) is 4.98 Å². The second-order valence-electron chi connectivity index (χ2n) is 8.38. The Balaban J connectivity index is 1.91. The normalized spacial score (nSPS) is 17.5. The van der Waals surface area contributed by atoms with Crippen LogP contribution < -0.4 is 0 Å². The molecule has 0 saturated heterocycles. The van der Waals surface area contributed by atoms with Crippen molar-refractivity contribution in [3.05, 3.63) is 87.5 Å². The Labute approximate surface area is 189 Å². The standard InChI is InChI=1S/C26H22F4N2O/c1-3-23(28)20-10-17(27)8-16(12-31)19(20)9-15-4-5-18(22-13-32-7-6-14(22)2)24-21(15)11-26(29,30)25(24)33/h4-8,10,13,23,25,33H,3,9,11H2,1-2H3. The predicted octanol–water partition coefficient (Wildman–Crippen LogP) is 6.30. The van der Waals surface area contributed by atoms with Crippen molar-refractivity contribution in [3.63, 3.8) is 0 Å². The number of hydrogen-bond acceptors (Lipinski definition) is 3. The number of aromatic nitrogens is 1. The van der Waals surface area contributed by atoms with E-state index in [0.29, 0.717) is 16.7 Å². The van der Waals surface area contributed by atoms with Gasteiger partial charge in [-0.25, -0.2) is 17.6 Å². The predicted molar refractivity (Wildman–Crippen MR) is 116 cm³/mol. The largest absolute Gasteiger partial charge is 0.382 e. The Kier molecular flexibility index (Phi) is 5.98. The Morgan fingerprint density at radius 2 is 2.00 bits per heavy atom. The average molecular weight is 454 g/mol. The topological polar surface area (TPSA) is 56.9 Å². The molecule has 1 N–H and O–H groups in total. The Morgan fingerprint density at radius 3 is 2.67 bits per heavy atom. The molecule has 1 heterocycles. The highest BCUT2D eigenvalue weighted by Crippen LogP contribution is 2.49. The van der Waals surface area contributed by atoms with E-state index in [9.17, 15) is 27.9 Å². The van der Waals surface area contributed by atoms with Gasteiger partial charge in [0.05, 0.1) is 11.6 Å². The fourth-order valence-corrected chi connectivity index (χ4v) is 4.57. The third-order valence-corrected chi connectivity index (χ3v) is 6.30. The molecule has 2 aromatic carbocycles. The van der Waals surface area contributed by atoms with Crippen LogP contribution in [0.4, 0.5) is 17.6 Å². The number of halogens is 4. The van der Waals surface area contributed by atoms with E-state index in [1.807, 2.05) is 13.0 Å².